The molecule has 3 heterocycles. The molecule has 0 spiro atoms. The molecule has 1 fully saturated rings. The van der Waals surface area contributed by atoms with Gasteiger partial charge in [0.05, 0.1) is 11.7 Å². The van der Waals surface area contributed by atoms with Crippen molar-refractivity contribution < 1.29 is 14.0 Å². The van der Waals surface area contributed by atoms with Crippen molar-refractivity contribution in [3.63, 3.8) is 0 Å². The van der Waals surface area contributed by atoms with E-state index in [4.69, 9.17) is 14.0 Å². The molecule has 0 amide bonds. The summed E-state index contributed by atoms with van der Waals surface area (Å²) >= 11 is 0. The maximum Gasteiger partial charge on any atom is 0.161 e. The molecule has 25 heavy (non-hydrogen) atoms. The second kappa shape index (κ2) is 8.05. The van der Waals surface area contributed by atoms with Crippen LogP contribution in [0.4, 0.5) is 0 Å². The van der Waals surface area contributed by atoms with E-state index >= 15 is 0 Å². The molecule has 1 aromatic heterocycles. The van der Waals surface area contributed by atoms with Crippen LogP contribution in [0.5, 0.6) is 11.5 Å². The third-order valence-electron chi connectivity index (χ3n) is 4.41. The van der Waals surface area contributed by atoms with Crippen LogP contribution >= 0.6 is 12.4 Å². The quantitative estimate of drug-likeness (QED) is 0.743. The van der Waals surface area contributed by atoms with Crippen molar-refractivity contribution in [2.75, 3.05) is 26.3 Å². The van der Waals surface area contributed by atoms with Crippen molar-refractivity contribution in [2.45, 2.75) is 19.5 Å². The summed E-state index contributed by atoms with van der Waals surface area (Å²) in [5.41, 5.74) is 8.75. The van der Waals surface area contributed by atoms with Gasteiger partial charge < -0.3 is 19.3 Å². The second-order valence-electron chi connectivity index (χ2n) is 6.23. The maximum atomic E-state index is 5.69. The van der Waals surface area contributed by atoms with E-state index in [2.05, 4.69) is 33.5 Å². The fourth-order valence-corrected chi connectivity index (χ4v) is 3.22. The predicted octanol–water partition coefficient (Wildman–Crippen LogP) is 1.73. The van der Waals surface area contributed by atoms with Gasteiger partial charge in [-0.25, -0.2) is 5.43 Å². The van der Waals surface area contributed by atoms with E-state index in [0.717, 1.165) is 36.0 Å². The summed E-state index contributed by atoms with van der Waals surface area (Å²) in [6, 6.07) is 8.36. The molecule has 8 heteroatoms. The van der Waals surface area contributed by atoms with Crippen molar-refractivity contribution in [1.29, 1.82) is 0 Å². The molecule has 0 saturated carbocycles. The third-order valence-corrected chi connectivity index (χ3v) is 4.41. The van der Waals surface area contributed by atoms with E-state index in [-0.39, 0.29) is 18.4 Å². The Bertz CT molecular complexity index is 709. The lowest BCUT2D eigenvalue weighted by Gasteiger charge is -2.23. The number of hydrogen-bond donors (Lipinski definition) is 3. The highest BCUT2D eigenvalue weighted by atomic mass is 35.5. The highest BCUT2D eigenvalue weighted by molar-refractivity contribution is 5.85. The van der Waals surface area contributed by atoms with Crippen molar-refractivity contribution >= 4 is 12.4 Å². The molecule has 1 saturated heterocycles. The van der Waals surface area contributed by atoms with Gasteiger partial charge in [-0.2, -0.15) is 0 Å². The first-order valence-corrected chi connectivity index (χ1v) is 8.30. The molecule has 2 aromatic rings. The number of hydrazine groups is 1. The summed E-state index contributed by atoms with van der Waals surface area (Å²) in [7, 11) is 0. The standard InChI is InChI=1S/C17H22N4O3.ClH/c1-11-6-14(21-24-11)10-18-8-13-9-19-20-17(13)12-2-3-15-16(7-12)23-5-4-22-15;/h2-3,6-7,13,17-20H,4-5,8-10H2,1H3;1H. The molecule has 7 nitrogen and oxygen atoms in total. The Morgan fingerprint density at radius 3 is 2.84 bits per heavy atom. The van der Waals surface area contributed by atoms with E-state index in [1.165, 1.54) is 5.56 Å². The first-order chi connectivity index (χ1) is 11.8. The van der Waals surface area contributed by atoms with E-state index in [1.54, 1.807) is 0 Å². The SMILES string of the molecule is Cc1cc(CNCC2CNNC2c2ccc3c(c2)OCCO3)no1.Cl. The van der Waals surface area contributed by atoms with Crippen LogP contribution in [0.2, 0.25) is 0 Å². The number of benzene rings is 1. The Kier molecular flexibility index (Phi) is 5.80. The average Bonchev–Trinajstić information content (AvgIpc) is 3.23. The van der Waals surface area contributed by atoms with Gasteiger partial charge >= 0.3 is 0 Å². The molecule has 2 aliphatic rings. The molecule has 3 N–H and O–H groups in total. The van der Waals surface area contributed by atoms with Crippen LogP contribution in [0.25, 0.3) is 0 Å². The number of ether oxygens (including phenoxy) is 2. The maximum absolute atomic E-state index is 5.69. The van der Waals surface area contributed by atoms with Crippen LogP contribution in [0.3, 0.4) is 0 Å². The minimum absolute atomic E-state index is 0. The van der Waals surface area contributed by atoms with Gasteiger partial charge in [0.1, 0.15) is 19.0 Å². The van der Waals surface area contributed by atoms with Crippen molar-refractivity contribution in [3.05, 3.63) is 41.3 Å². The van der Waals surface area contributed by atoms with Crippen LogP contribution in [-0.4, -0.2) is 31.5 Å². The fraction of sp³-hybridized carbons (Fsp3) is 0.471. The highest BCUT2D eigenvalue weighted by Gasteiger charge is 2.29. The molecule has 2 aliphatic heterocycles. The number of halogens is 1. The molecule has 4 rings (SSSR count). The lowest BCUT2D eigenvalue weighted by Crippen LogP contribution is -2.29. The zero-order valence-corrected chi connectivity index (χ0v) is 14.9. The number of rotatable bonds is 5. The van der Waals surface area contributed by atoms with Crippen LogP contribution in [-0.2, 0) is 6.54 Å². The summed E-state index contributed by atoms with van der Waals surface area (Å²) in [6.07, 6.45) is 0. The molecule has 0 aliphatic carbocycles. The zero-order valence-electron chi connectivity index (χ0n) is 14.1. The number of hydrogen-bond acceptors (Lipinski definition) is 7. The largest absolute Gasteiger partial charge is 0.486 e. The summed E-state index contributed by atoms with van der Waals surface area (Å²) in [6.45, 7) is 5.62. The molecule has 2 unspecified atom stereocenters. The summed E-state index contributed by atoms with van der Waals surface area (Å²) < 4.78 is 16.4. The van der Waals surface area contributed by atoms with Crippen molar-refractivity contribution in [1.82, 2.24) is 21.3 Å². The summed E-state index contributed by atoms with van der Waals surface area (Å²) in [5, 5.41) is 7.47. The van der Waals surface area contributed by atoms with E-state index in [0.29, 0.717) is 25.7 Å². The predicted molar refractivity (Wildman–Crippen MR) is 95.0 cm³/mol. The number of nitrogens with zero attached hydrogens (tertiary/aromatic N) is 1. The Hall–Kier alpha value is -1.80. The number of aryl methyl sites for hydroxylation is 1. The van der Waals surface area contributed by atoms with Crippen LogP contribution in [0, 0.1) is 12.8 Å². The van der Waals surface area contributed by atoms with E-state index < -0.39 is 0 Å². The Morgan fingerprint density at radius 2 is 2.04 bits per heavy atom. The minimum atomic E-state index is 0. The second-order valence-corrected chi connectivity index (χ2v) is 6.23. The Labute approximate surface area is 152 Å². The van der Waals surface area contributed by atoms with Gasteiger partial charge in [-0.05, 0) is 24.6 Å². The monoisotopic (exact) mass is 366 g/mol. The minimum Gasteiger partial charge on any atom is -0.486 e. The smallest absolute Gasteiger partial charge is 0.161 e. The summed E-state index contributed by atoms with van der Waals surface area (Å²) in [5.74, 6) is 2.93. The average molecular weight is 367 g/mol. The topological polar surface area (TPSA) is 80.6 Å². The molecular weight excluding hydrogens is 344 g/mol. The van der Waals surface area contributed by atoms with E-state index in [9.17, 15) is 0 Å². The summed E-state index contributed by atoms with van der Waals surface area (Å²) in [4.78, 5) is 0. The third kappa shape index (κ3) is 4.07. The molecule has 0 radical (unpaired) electrons. The van der Waals surface area contributed by atoms with E-state index in [1.807, 2.05) is 19.1 Å². The van der Waals surface area contributed by atoms with Gasteiger partial charge in [0.25, 0.3) is 0 Å². The van der Waals surface area contributed by atoms with Gasteiger partial charge in [0, 0.05) is 31.6 Å². The molecule has 0 bridgehead atoms. The lowest BCUT2D eigenvalue weighted by atomic mass is 9.94. The zero-order chi connectivity index (χ0) is 16.4. The van der Waals surface area contributed by atoms with Gasteiger partial charge in [-0.1, -0.05) is 11.2 Å². The number of nitrogens with one attached hydrogen (secondary N) is 3. The Balaban J connectivity index is 0.00000182. The lowest BCUT2D eigenvalue weighted by molar-refractivity contribution is 0.171. The van der Waals surface area contributed by atoms with Crippen LogP contribution in [0.1, 0.15) is 23.1 Å². The number of fused-ring (bicyclic) bond motifs is 1. The normalized spacial score (nSPS) is 21.8. The number of aromatic nitrogens is 1. The van der Waals surface area contributed by atoms with Crippen molar-refractivity contribution in [2.24, 2.45) is 5.92 Å². The van der Waals surface area contributed by atoms with Crippen LogP contribution in [0.15, 0.2) is 28.8 Å². The fourth-order valence-electron chi connectivity index (χ4n) is 3.22. The molecule has 136 valence electrons. The first-order valence-electron chi connectivity index (χ1n) is 8.30. The van der Waals surface area contributed by atoms with Gasteiger partial charge in [0.15, 0.2) is 11.5 Å². The first kappa shape index (κ1) is 18.0. The molecular formula is C17H23ClN4O3. The molecule has 1 aromatic carbocycles. The van der Waals surface area contributed by atoms with Gasteiger partial charge in [-0.3, -0.25) is 5.43 Å². The Morgan fingerprint density at radius 1 is 1.20 bits per heavy atom. The van der Waals surface area contributed by atoms with Crippen molar-refractivity contribution in [3.8, 4) is 11.5 Å². The van der Waals surface area contributed by atoms with Gasteiger partial charge in [-0.15, -0.1) is 12.4 Å². The van der Waals surface area contributed by atoms with Crippen LogP contribution < -0.4 is 25.6 Å². The molecule has 2 atom stereocenters. The highest BCUT2D eigenvalue weighted by Crippen LogP contribution is 2.35. The van der Waals surface area contributed by atoms with Gasteiger partial charge in [0.2, 0.25) is 0 Å².